The molecule has 2 aromatic rings. The third kappa shape index (κ3) is 3.83. The van der Waals surface area contributed by atoms with E-state index in [2.05, 4.69) is 10.5 Å². The Morgan fingerprint density at radius 3 is 2.88 bits per heavy atom. The van der Waals surface area contributed by atoms with Gasteiger partial charge in [0.25, 0.3) is 5.91 Å². The van der Waals surface area contributed by atoms with Crippen LogP contribution in [0.5, 0.6) is 11.5 Å². The molecule has 2 amide bonds. The molecule has 0 aliphatic carbocycles. The largest absolute Gasteiger partial charge is 0.504 e. The van der Waals surface area contributed by atoms with Gasteiger partial charge in [-0.2, -0.15) is 5.10 Å². The Labute approximate surface area is 150 Å². The second-order valence-corrected chi connectivity index (χ2v) is 5.83. The van der Waals surface area contributed by atoms with E-state index in [9.17, 15) is 14.7 Å². The van der Waals surface area contributed by atoms with E-state index in [1.165, 1.54) is 19.4 Å². The van der Waals surface area contributed by atoms with Gasteiger partial charge in [0.2, 0.25) is 5.91 Å². The number of methoxy groups -OCH3 is 1. The summed E-state index contributed by atoms with van der Waals surface area (Å²) in [6, 6.07) is 11.6. The highest BCUT2D eigenvalue weighted by molar-refractivity contribution is 5.99. The van der Waals surface area contributed by atoms with Crippen LogP contribution in [0.2, 0.25) is 0 Å². The summed E-state index contributed by atoms with van der Waals surface area (Å²) >= 11 is 0. The summed E-state index contributed by atoms with van der Waals surface area (Å²) in [4.78, 5) is 25.8. The van der Waals surface area contributed by atoms with Crippen LogP contribution in [0.15, 0.2) is 47.6 Å². The number of rotatable bonds is 5. The van der Waals surface area contributed by atoms with E-state index in [1.54, 1.807) is 35.2 Å². The molecule has 1 fully saturated rings. The van der Waals surface area contributed by atoms with Gasteiger partial charge >= 0.3 is 0 Å². The minimum Gasteiger partial charge on any atom is -0.504 e. The smallest absolute Gasteiger partial charge is 0.271 e. The van der Waals surface area contributed by atoms with E-state index in [0.29, 0.717) is 35.5 Å². The number of hydrogen-bond donors (Lipinski definition) is 2. The topological polar surface area (TPSA) is 91.2 Å². The summed E-state index contributed by atoms with van der Waals surface area (Å²) in [6.07, 6.45) is 2.82. The number of phenolic OH excluding ortho intramolecular Hbond substituents is 1. The molecule has 1 saturated heterocycles. The van der Waals surface area contributed by atoms with Crippen LogP contribution in [-0.4, -0.2) is 36.8 Å². The fourth-order valence-corrected chi connectivity index (χ4v) is 2.74. The maximum atomic E-state index is 12.3. The normalized spacial score (nSPS) is 14.0. The average Bonchev–Trinajstić information content (AvgIpc) is 3.09. The third-order valence-corrected chi connectivity index (χ3v) is 4.08. The Balaban J connectivity index is 1.67. The van der Waals surface area contributed by atoms with Gasteiger partial charge < -0.3 is 14.7 Å². The molecule has 0 unspecified atom stereocenters. The molecule has 3 rings (SSSR count). The second kappa shape index (κ2) is 7.69. The van der Waals surface area contributed by atoms with E-state index in [0.717, 1.165) is 6.42 Å². The predicted molar refractivity (Wildman–Crippen MR) is 97.7 cm³/mol. The van der Waals surface area contributed by atoms with E-state index >= 15 is 0 Å². The molecule has 0 saturated carbocycles. The lowest BCUT2D eigenvalue weighted by Gasteiger charge is -2.16. The van der Waals surface area contributed by atoms with Crippen molar-refractivity contribution < 1.29 is 19.4 Å². The third-order valence-electron chi connectivity index (χ3n) is 4.08. The van der Waals surface area contributed by atoms with Gasteiger partial charge in [-0.3, -0.25) is 9.59 Å². The number of benzene rings is 2. The van der Waals surface area contributed by atoms with Crippen LogP contribution in [-0.2, 0) is 4.79 Å². The van der Waals surface area contributed by atoms with Crippen LogP contribution in [0.4, 0.5) is 5.69 Å². The van der Waals surface area contributed by atoms with Crippen LogP contribution >= 0.6 is 0 Å². The first kappa shape index (κ1) is 17.5. The summed E-state index contributed by atoms with van der Waals surface area (Å²) in [6.45, 7) is 0.671. The van der Waals surface area contributed by atoms with Gasteiger partial charge in [-0.25, -0.2) is 5.43 Å². The van der Waals surface area contributed by atoms with Gasteiger partial charge in [0.1, 0.15) is 0 Å². The Hall–Kier alpha value is -3.35. The van der Waals surface area contributed by atoms with Crippen molar-refractivity contribution in [2.75, 3.05) is 18.6 Å². The highest BCUT2D eigenvalue weighted by Crippen LogP contribution is 2.25. The summed E-state index contributed by atoms with van der Waals surface area (Å²) in [5.41, 5.74) is 4.25. The lowest BCUT2D eigenvalue weighted by atomic mass is 10.2. The van der Waals surface area contributed by atoms with Crippen molar-refractivity contribution in [1.82, 2.24) is 5.43 Å². The molecular weight excluding hydrogens is 334 g/mol. The number of anilines is 1. The summed E-state index contributed by atoms with van der Waals surface area (Å²) in [5.74, 6) is 0.0487. The Bertz CT molecular complexity index is 864. The van der Waals surface area contributed by atoms with Crippen molar-refractivity contribution >= 4 is 23.7 Å². The van der Waals surface area contributed by atoms with E-state index in [4.69, 9.17) is 4.74 Å². The highest BCUT2D eigenvalue weighted by atomic mass is 16.5. The monoisotopic (exact) mass is 353 g/mol. The molecule has 0 radical (unpaired) electrons. The standard InChI is InChI=1S/C19H19N3O4/c1-26-17-10-13(7-8-16(17)23)12-20-21-19(25)14-4-2-5-15(11-14)22-9-3-6-18(22)24/h2,4-5,7-8,10-12,23H,3,6,9H2,1H3,(H,21,25). The van der Waals surface area contributed by atoms with Gasteiger partial charge in [0.15, 0.2) is 11.5 Å². The number of nitrogens with zero attached hydrogens (tertiary/aromatic N) is 2. The zero-order chi connectivity index (χ0) is 18.5. The molecule has 0 spiro atoms. The SMILES string of the molecule is COc1cc(C=NNC(=O)c2cccc(N3CCCC3=O)c2)ccc1O. The van der Waals surface area contributed by atoms with Gasteiger partial charge in [-0.05, 0) is 48.4 Å². The molecule has 26 heavy (non-hydrogen) atoms. The molecule has 0 aromatic heterocycles. The summed E-state index contributed by atoms with van der Waals surface area (Å²) in [5, 5.41) is 13.5. The summed E-state index contributed by atoms with van der Waals surface area (Å²) < 4.78 is 5.02. The van der Waals surface area contributed by atoms with Crippen molar-refractivity contribution in [2.24, 2.45) is 5.10 Å². The minimum absolute atomic E-state index is 0.0296. The second-order valence-electron chi connectivity index (χ2n) is 5.83. The first-order valence-corrected chi connectivity index (χ1v) is 8.19. The molecule has 2 aromatic carbocycles. The lowest BCUT2D eigenvalue weighted by molar-refractivity contribution is -0.117. The predicted octanol–water partition coefficient (Wildman–Crippen LogP) is 2.29. The number of amides is 2. The van der Waals surface area contributed by atoms with Crippen LogP contribution in [0.25, 0.3) is 0 Å². The van der Waals surface area contributed by atoms with Crippen LogP contribution in [0.3, 0.4) is 0 Å². The number of phenols is 1. The van der Waals surface area contributed by atoms with Gasteiger partial charge in [0.05, 0.1) is 13.3 Å². The van der Waals surface area contributed by atoms with E-state index < -0.39 is 0 Å². The van der Waals surface area contributed by atoms with Crippen molar-refractivity contribution in [3.05, 3.63) is 53.6 Å². The number of hydrogen-bond acceptors (Lipinski definition) is 5. The first-order valence-electron chi connectivity index (χ1n) is 8.19. The van der Waals surface area contributed by atoms with Crippen molar-refractivity contribution in [3.8, 4) is 11.5 Å². The fraction of sp³-hybridized carbons (Fsp3) is 0.211. The van der Waals surface area contributed by atoms with Crippen LogP contribution < -0.4 is 15.1 Å². The number of ether oxygens (including phenoxy) is 1. The minimum atomic E-state index is -0.375. The van der Waals surface area contributed by atoms with Gasteiger partial charge in [-0.15, -0.1) is 0 Å². The molecule has 7 heteroatoms. The van der Waals surface area contributed by atoms with Gasteiger partial charge in [0, 0.05) is 24.2 Å². The molecule has 7 nitrogen and oxygen atoms in total. The number of nitrogens with one attached hydrogen (secondary N) is 1. The van der Waals surface area contributed by atoms with Gasteiger partial charge in [-0.1, -0.05) is 6.07 Å². The van der Waals surface area contributed by atoms with Crippen molar-refractivity contribution in [1.29, 1.82) is 0 Å². The zero-order valence-corrected chi connectivity index (χ0v) is 14.3. The molecule has 1 heterocycles. The molecule has 2 N–H and O–H groups in total. The number of carbonyl (C=O) groups is 2. The van der Waals surface area contributed by atoms with E-state index in [-0.39, 0.29) is 17.6 Å². The first-order chi connectivity index (χ1) is 12.6. The molecule has 134 valence electrons. The average molecular weight is 353 g/mol. The Morgan fingerprint density at radius 2 is 2.15 bits per heavy atom. The maximum Gasteiger partial charge on any atom is 0.271 e. The highest BCUT2D eigenvalue weighted by Gasteiger charge is 2.22. The zero-order valence-electron chi connectivity index (χ0n) is 14.3. The van der Waals surface area contributed by atoms with Crippen molar-refractivity contribution in [2.45, 2.75) is 12.8 Å². The van der Waals surface area contributed by atoms with Crippen LogP contribution in [0.1, 0.15) is 28.8 Å². The molecule has 1 aliphatic rings. The Kier molecular flexibility index (Phi) is 5.17. The summed E-state index contributed by atoms with van der Waals surface area (Å²) in [7, 11) is 1.45. The quantitative estimate of drug-likeness (QED) is 0.637. The maximum absolute atomic E-state index is 12.3. The molecule has 0 atom stereocenters. The number of aromatic hydroxyl groups is 1. The lowest BCUT2D eigenvalue weighted by Crippen LogP contribution is -2.24. The van der Waals surface area contributed by atoms with Crippen LogP contribution in [0, 0.1) is 0 Å². The molecular formula is C19H19N3O4. The number of carbonyl (C=O) groups excluding carboxylic acids is 2. The van der Waals surface area contributed by atoms with Crippen molar-refractivity contribution in [3.63, 3.8) is 0 Å². The fourth-order valence-electron chi connectivity index (χ4n) is 2.74. The molecule has 0 bridgehead atoms. The van der Waals surface area contributed by atoms with E-state index in [1.807, 2.05) is 6.07 Å². The number of hydrazone groups is 1. The molecule has 1 aliphatic heterocycles. The Morgan fingerprint density at radius 1 is 1.31 bits per heavy atom.